The van der Waals surface area contributed by atoms with E-state index in [-0.39, 0.29) is 18.1 Å². The van der Waals surface area contributed by atoms with Crippen LogP contribution in [0.15, 0.2) is 22.8 Å². The molecule has 0 spiro atoms. The van der Waals surface area contributed by atoms with Gasteiger partial charge in [0.25, 0.3) is 0 Å². The van der Waals surface area contributed by atoms with Crippen LogP contribution in [0.5, 0.6) is 0 Å². The maximum atomic E-state index is 12.4. The molecule has 0 saturated carbocycles. The molecule has 3 saturated heterocycles. The van der Waals surface area contributed by atoms with E-state index in [4.69, 9.17) is 13.9 Å². The summed E-state index contributed by atoms with van der Waals surface area (Å²) in [5.74, 6) is 0.748. The van der Waals surface area contributed by atoms with Crippen LogP contribution in [-0.4, -0.2) is 54.9 Å². The molecule has 3 fully saturated rings. The smallest absolute Gasteiger partial charge is 0.249 e. The van der Waals surface area contributed by atoms with Gasteiger partial charge in [0.05, 0.1) is 18.9 Å². The van der Waals surface area contributed by atoms with Crippen LogP contribution in [0.25, 0.3) is 0 Å². The van der Waals surface area contributed by atoms with E-state index in [1.807, 2.05) is 12.1 Å². The molecule has 4 rings (SSSR count). The van der Waals surface area contributed by atoms with Gasteiger partial charge in [-0.05, 0) is 44.2 Å². The van der Waals surface area contributed by atoms with E-state index in [9.17, 15) is 4.79 Å². The molecule has 6 heteroatoms. The molecule has 0 bridgehead atoms. The minimum Gasteiger partial charge on any atom is -0.467 e. The second kappa shape index (κ2) is 7.25. The standard InChI is InChI=1S/C18H26N2O4/c21-18(19-12-14-2-1-9-23-14)17-4-3-15-16(24-17)5-8-20(15)13-6-10-22-11-7-13/h1-2,9,13,15-17H,3-8,10-12H2,(H,19,21)/t15-,16-,17-/m0/s1. The third-order valence-electron chi connectivity index (χ3n) is 5.56. The van der Waals surface area contributed by atoms with Crippen molar-refractivity contribution in [2.24, 2.45) is 0 Å². The predicted octanol–water partition coefficient (Wildman–Crippen LogP) is 1.70. The van der Waals surface area contributed by atoms with Crippen LogP contribution in [-0.2, 0) is 20.8 Å². The summed E-state index contributed by atoms with van der Waals surface area (Å²) in [6.45, 7) is 3.25. The molecule has 1 aromatic rings. The van der Waals surface area contributed by atoms with E-state index in [0.717, 1.165) is 57.6 Å². The number of hydrogen-bond donors (Lipinski definition) is 1. The number of hydrogen-bond acceptors (Lipinski definition) is 5. The van der Waals surface area contributed by atoms with Crippen LogP contribution < -0.4 is 5.32 Å². The van der Waals surface area contributed by atoms with Gasteiger partial charge in [-0.15, -0.1) is 0 Å². The first-order chi connectivity index (χ1) is 11.8. The summed E-state index contributed by atoms with van der Waals surface area (Å²) in [4.78, 5) is 15.0. The van der Waals surface area contributed by atoms with Crippen LogP contribution >= 0.6 is 0 Å². The first kappa shape index (κ1) is 16.1. The number of carbonyl (C=O) groups is 1. The monoisotopic (exact) mass is 334 g/mol. The summed E-state index contributed by atoms with van der Waals surface area (Å²) in [5, 5.41) is 2.92. The van der Waals surface area contributed by atoms with Gasteiger partial charge in [-0.25, -0.2) is 0 Å². The summed E-state index contributed by atoms with van der Waals surface area (Å²) >= 11 is 0. The molecular formula is C18H26N2O4. The van der Waals surface area contributed by atoms with Crippen molar-refractivity contribution in [3.63, 3.8) is 0 Å². The molecular weight excluding hydrogens is 308 g/mol. The van der Waals surface area contributed by atoms with Crippen molar-refractivity contribution in [3.05, 3.63) is 24.2 Å². The van der Waals surface area contributed by atoms with Gasteiger partial charge in [0.1, 0.15) is 11.9 Å². The third-order valence-corrected chi connectivity index (χ3v) is 5.56. The van der Waals surface area contributed by atoms with Gasteiger partial charge in [-0.2, -0.15) is 0 Å². The lowest BCUT2D eigenvalue weighted by Crippen LogP contribution is -2.50. The zero-order valence-electron chi connectivity index (χ0n) is 14.0. The second-order valence-corrected chi connectivity index (χ2v) is 6.98. The molecule has 132 valence electrons. The Bertz CT molecular complexity index is 541. The molecule has 6 nitrogen and oxygen atoms in total. The minimum atomic E-state index is -0.323. The largest absolute Gasteiger partial charge is 0.467 e. The molecule has 3 aliphatic rings. The molecule has 3 atom stereocenters. The Morgan fingerprint density at radius 1 is 1.21 bits per heavy atom. The van der Waals surface area contributed by atoms with Crippen LogP contribution in [0.1, 0.15) is 37.9 Å². The summed E-state index contributed by atoms with van der Waals surface area (Å²) < 4.78 is 16.9. The van der Waals surface area contributed by atoms with Crippen LogP contribution in [0, 0.1) is 0 Å². The van der Waals surface area contributed by atoms with E-state index in [0.29, 0.717) is 18.6 Å². The van der Waals surface area contributed by atoms with Crippen molar-refractivity contribution in [1.29, 1.82) is 0 Å². The predicted molar refractivity (Wildman–Crippen MR) is 87.4 cm³/mol. The average Bonchev–Trinajstić information content (AvgIpc) is 3.29. The molecule has 3 aliphatic heterocycles. The van der Waals surface area contributed by atoms with Crippen molar-refractivity contribution in [3.8, 4) is 0 Å². The molecule has 0 aliphatic carbocycles. The third kappa shape index (κ3) is 3.36. The fourth-order valence-electron chi connectivity index (χ4n) is 4.32. The van der Waals surface area contributed by atoms with E-state index in [2.05, 4.69) is 10.2 Å². The molecule has 1 aromatic heterocycles. The molecule has 1 N–H and O–H groups in total. The van der Waals surface area contributed by atoms with Gasteiger partial charge >= 0.3 is 0 Å². The number of nitrogens with one attached hydrogen (secondary N) is 1. The second-order valence-electron chi connectivity index (χ2n) is 6.98. The van der Waals surface area contributed by atoms with Gasteiger partial charge < -0.3 is 19.2 Å². The number of furan rings is 1. The lowest BCUT2D eigenvalue weighted by Gasteiger charge is -2.40. The Balaban J connectivity index is 1.29. The first-order valence-corrected chi connectivity index (χ1v) is 9.10. The van der Waals surface area contributed by atoms with E-state index in [1.54, 1.807) is 6.26 Å². The van der Waals surface area contributed by atoms with Crippen molar-refractivity contribution in [1.82, 2.24) is 10.2 Å². The Morgan fingerprint density at radius 3 is 2.88 bits per heavy atom. The summed E-state index contributed by atoms with van der Waals surface area (Å²) in [6.07, 6.45) is 6.60. The molecule has 0 unspecified atom stereocenters. The molecule has 0 aromatic carbocycles. The van der Waals surface area contributed by atoms with E-state index >= 15 is 0 Å². The number of fused-ring (bicyclic) bond motifs is 1. The quantitative estimate of drug-likeness (QED) is 0.908. The van der Waals surface area contributed by atoms with Gasteiger partial charge in [-0.1, -0.05) is 0 Å². The van der Waals surface area contributed by atoms with Crippen LogP contribution in [0.4, 0.5) is 0 Å². The number of ether oxygens (including phenoxy) is 2. The molecule has 0 radical (unpaired) electrons. The molecule has 1 amide bonds. The van der Waals surface area contributed by atoms with Crippen molar-refractivity contribution >= 4 is 5.91 Å². The fraction of sp³-hybridized carbons (Fsp3) is 0.722. The summed E-state index contributed by atoms with van der Waals surface area (Å²) in [7, 11) is 0. The molecule has 24 heavy (non-hydrogen) atoms. The summed E-state index contributed by atoms with van der Waals surface area (Å²) in [5.41, 5.74) is 0. The Morgan fingerprint density at radius 2 is 2.08 bits per heavy atom. The zero-order chi connectivity index (χ0) is 16.4. The zero-order valence-corrected chi connectivity index (χ0v) is 14.0. The highest BCUT2D eigenvalue weighted by atomic mass is 16.5. The SMILES string of the molecule is O=C(NCc1ccco1)[C@@H]1CC[C@H]2[C@H](CCN2C2CCOCC2)O1. The number of amides is 1. The average molecular weight is 334 g/mol. The lowest BCUT2D eigenvalue weighted by atomic mass is 9.96. The highest BCUT2D eigenvalue weighted by molar-refractivity contribution is 5.80. The van der Waals surface area contributed by atoms with Gasteiger partial charge in [0.2, 0.25) is 5.91 Å². The van der Waals surface area contributed by atoms with E-state index in [1.165, 1.54) is 0 Å². The van der Waals surface area contributed by atoms with Crippen molar-refractivity contribution < 1.29 is 18.7 Å². The maximum Gasteiger partial charge on any atom is 0.249 e. The number of carbonyl (C=O) groups excluding carboxylic acids is 1. The van der Waals surface area contributed by atoms with Gasteiger partial charge in [0, 0.05) is 31.8 Å². The highest BCUT2D eigenvalue weighted by Crippen LogP contribution is 2.34. The van der Waals surface area contributed by atoms with Gasteiger partial charge in [0.15, 0.2) is 0 Å². The van der Waals surface area contributed by atoms with Gasteiger partial charge in [-0.3, -0.25) is 9.69 Å². The Labute approximate surface area is 142 Å². The Kier molecular flexibility index (Phi) is 4.87. The van der Waals surface area contributed by atoms with Crippen LogP contribution in [0.2, 0.25) is 0 Å². The first-order valence-electron chi connectivity index (χ1n) is 9.10. The number of rotatable bonds is 4. The number of likely N-dealkylation sites (tertiary alicyclic amines) is 1. The maximum absolute atomic E-state index is 12.4. The lowest BCUT2D eigenvalue weighted by molar-refractivity contribution is -0.145. The fourth-order valence-corrected chi connectivity index (χ4v) is 4.32. The van der Waals surface area contributed by atoms with E-state index < -0.39 is 0 Å². The molecule has 4 heterocycles. The van der Waals surface area contributed by atoms with Crippen molar-refractivity contribution in [2.75, 3.05) is 19.8 Å². The van der Waals surface area contributed by atoms with Crippen LogP contribution in [0.3, 0.4) is 0 Å². The Hall–Kier alpha value is -1.37. The minimum absolute atomic E-state index is 0.0191. The number of nitrogens with zero attached hydrogens (tertiary/aromatic N) is 1. The topological polar surface area (TPSA) is 63.9 Å². The van der Waals surface area contributed by atoms with Crippen molar-refractivity contribution in [2.45, 2.75) is 62.9 Å². The summed E-state index contributed by atoms with van der Waals surface area (Å²) in [6, 6.07) is 4.79. The normalized spacial score (nSPS) is 31.8. The highest BCUT2D eigenvalue weighted by Gasteiger charge is 2.44.